The van der Waals surface area contributed by atoms with Gasteiger partial charge in [0.25, 0.3) is 10.0 Å². The Morgan fingerprint density at radius 1 is 1.30 bits per heavy atom. The number of carbonyl (C=O) groups is 1. The largest absolute Gasteiger partial charge is 0.301 e. The summed E-state index contributed by atoms with van der Waals surface area (Å²) in [6.45, 7) is 3.16. The highest BCUT2D eigenvalue weighted by Gasteiger charge is 2.25. The summed E-state index contributed by atoms with van der Waals surface area (Å²) in [5, 5.41) is 18.7. The fraction of sp³-hybridized carbons (Fsp3) is 0.231. The van der Waals surface area contributed by atoms with Crippen molar-refractivity contribution in [2.45, 2.75) is 24.2 Å². The lowest BCUT2D eigenvalue weighted by atomic mass is 10.1. The molecule has 1 atom stereocenters. The number of benzene rings is 1. The summed E-state index contributed by atoms with van der Waals surface area (Å²) < 4.78 is 26.5. The maximum atomic E-state index is 12.3. The zero-order valence-electron chi connectivity index (χ0n) is 12.3. The van der Waals surface area contributed by atoms with E-state index in [2.05, 4.69) is 20.2 Å². The predicted octanol–water partition coefficient (Wildman–Crippen LogP) is 1.35. The number of amides is 1. The minimum atomic E-state index is -4.02. The van der Waals surface area contributed by atoms with Crippen LogP contribution in [0.2, 0.25) is 0 Å². The van der Waals surface area contributed by atoms with Gasteiger partial charge in [-0.2, -0.15) is 9.98 Å². The summed E-state index contributed by atoms with van der Waals surface area (Å²) in [7, 11) is -4.02. The van der Waals surface area contributed by atoms with Gasteiger partial charge in [-0.25, -0.2) is 8.42 Å². The molecule has 1 aromatic carbocycles. The van der Waals surface area contributed by atoms with Crippen molar-refractivity contribution < 1.29 is 13.2 Å². The number of nitriles is 1. The molecule has 23 heavy (non-hydrogen) atoms. The quantitative estimate of drug-likeness (QED) is 0.783. The van der Waals surface area contributed by atoms with E-state index in [0.29, 0.717) is 16.9 Å². The minimum Gasteiger partial charge on any atom is -0.301 e. The predicted molar refractivity (Wildman–Crippen MR) is 84.1 cm³/mol. The summed E-state index contributed by atoms with van der Waals surface area (Å²) in [5.41, 5.74) is 1.52. The Morgan fingerprint density at radius 3 is 2.52 bits per heavy atom. The molecular weight excluding hydrogens is 338 g/mol. The first kappa shape index (κ1) is 17.0. The second-order valence-corrected chi connectivity index (χ2v) is 7.51. The number of anilines is 1. The van der Waals surface area contributed by atoms with Crippen molar-refractivity contribution in [1.29, 1.82) is 5.26 Å². The second kappa shape index (κ2) is 6.82. The molecule has 0 fully saturated rings. The third-order valence-electron chi connectivity index (χ3n) is 2.73. The van der Waals surface area contributed by atoms with Crippen molar-refractivity contribution in [2.75, 3.05) is 5.32 Å². The fourth-order valence-electron chi connectivity index (χ4n) is 1.65. The summed E-state index contributed by atoms with van der Waals surface area (Å²) in [6, 6.07) is 7.77. The van der Waals surface area contributed by atoms with Gasteiger partial charge < -0.3 is 5.32 Å². The van der Waals surface area contributed by atoms with Gasteiger partial charge in [0.05, 0.1) is 6.07 Å². The number of hydrogen-bond donors (Lipinski definition) is 2. The van der Waals surface area contributed by atoms with E-state index in [4.69, 9.17) is 0 Å². The Bertz CT molecular complexity index is 852. The van der Waals surface area contributed by atoms with Crippen molar-refractivity contribution in [1.82, 2.24) is 14.9 Å². The van der Waals surface area contributed by atoms with Crippen LogP contribution >= 0.6 is 11.3 Å². The van der Waals surface area contributed by atoms with Gasteiger partial charge >= 0.3 is 0 Å². The molecule has 0 aliphatic heterocycles. The smallest absolute Gasteiger partial charge is 0.271 e. The van der Waals surface area contributed by atoms with Gasteiger partial charge in [-0.05, 0) is 12.5 Å². The maximum absolute atomic E-state index is 12.3. The zero-order valence-corrected chi connectivity index (χ0v) is 13.9. The second-order valence-electron chi connectivity index (χ2n) is 4.65. The number of sulfonamides is 1. The van der Waals surface area contributed by atoms with E-state index in [0.717, 1.165) is 5.56 Å². The molecule has 120 valence electrons. The summed E-state index contributed by atoms with van der Waals surface area (Å²) in [4.78, 5) is 10.9. The Hall–Kier alpha value is -2.35. The Labute approximate surface area is 137 Å². The molecule has 2 N–H and O–H groups in total. The molecule has 0 saturated heterocycles. The molecule has 1 amide bonds. The van der Waals surface area contributed by atoms with Crippen LogP contribution < -0.4 is 10.0 Å². The van der Waals surface area contributed by atoms with E-state index in [1.165, 1.54) is 6.92 Å². The summed E-state index contributed by atoms with van der Waals surface area (Å²) >= 11 is 0.704. The molecule has 2 rings (SSSR count). The summed E-state index contributed by atoms with van der Waals surface area (Å²) in [6.07, 6.45) is 0. The number of aromatic nitrogens is 2. The van der Waals surface area contributed by atoms with Crippen LogP contribution in [0.3, 0.4) is 0 Å². The van der Waals surface area contributed by atoms with Crippen molar-refractivity contribution >= 4 is 32.4 Å². The van der Waals surface area contributed by atoms with Crippen LogP contribution in [0.1, 0.15) is 24.1 Å². The molecule has 0 spiro atoms. The van der Waals surface area contributed by atoms with Crippen LogP contribution in [0.4, 0.5) is 5.13 Å². The lowest BCUT2D eigenvalue weighted by Gasteiger charge is -2.10. The number of hydrogen-bond acceptors (Lipinski definition) is 7. The topological polar surface area (TPSA) is 125 Å². The van der Waals surface area contributed by atoms with E-state index < -0.39 is 16.1 Å². The maximum Gasteiger partial charge on any atom is 0.271 e. The number of nitrogens with zero attached hydrogens (tertiary/aromatic N) is 3. The lowest BCUT2D eigenvalue weighted by Crippen LogP contribution is -2.27. The molecule has 1 aromatic heterocycles. The molecule has 1 heterocycles. The van der Waals surface area contributed by atoms with Gasteiger partial charge in [0.2, 0.25) is 15.4 Å². The van der Waals surface area contributed by atoms with Gasteiger partial charge in [0.1, 0.15) is 6.04 Å². The van der Waals surface area contributed by atoms with Crippen LogP contribution in [0.5, 0.6) is 0 Å². The highest BCUT2D eigenvalue weighted by molar-refractivity contribution is 7.91. The number of aryl methyl sites for hydroxylation is 1. The third-order valence-corrected chi connectivity index (χ3v) is 5.36. The van der Waals surface area contributed by atoms with E-state index in [9.17, 15) is 18.5 Å². The Morgan fingerprint density at radius 2 is 1.96 bits per heavy atom. The van der Waals surface area contributed by atoms with Crippen LogP contribution in [0, 0.1) is 18.3 Å². The molecule has 0 bridgehead atoms. The molecular formula is C13H13N5O3S2. The standard InChI is InChI=1S/C13H13N5O3S2/c1-8-3-5-10(6-4-8)11(7-14)18-23(20,21)13-17-16-12(22-13)15-9(2)19/h3-6,11,18H,1-2H3,(H,15,16,19). The Balaban J connectivity index is 2.22. The van der Waals surface area contributed by atoms with Crippen LogP contribution in [-0.4, -0.2) is 24.5 Å². The lowest BCUT2D eigenvalue weighted by molar-refractivity contribution is -0.114. The van der Waals surface area contributed by atoms with Gasteiger partial charge in [0, 0.05) is 6.92 Å². The van der Waals surface area contributed by atoms with Gasteiger partial charge in [-0.3, -0.25) is 4.79 Å². The van der Waals surface area contributed by atoms with Gasteiger partial charge in [-0.1, -0.05) is 41.2 Å². The van der Waals surface area contributed by atoms with Gasteiger partial charge in [0.15, 0.2) is 0 Å². The monoisotopic (exact) mass is 351 g/mol. The van der Waals surface area contributed by atoms with E-state index >= 15 is 0 Å². The summed E-state index contributed by atoms with van der Waals surface area (Å²) in [5.74, 6) is -0.382. The van der Waals surface area contributed by atoms with Crippen molar-refractivity contribution in [3.05, 3.63) is 35.4 Å². The van der Waals surface area contributed by atoms with Crippen LogP contribution in [0.15, 0.2) is 28.6 Å². The average Bonchev–Trinajstić information content (AvgIpc) is 2.94. The molecule has 2 aromatic rings. The molecule has 0 aliphatic carbocycles. The van der Waals surface area contributed by atoms with Crippen molar-refractivity contribution in [2.24, 2.45) is 0 Å². The third kappa shape index (κ3) is 4.32. The van der Waals surface area contributed by atoms with Gasteiger partial charge in [-0.15, -0.1) is 10.2 Å². The molecule has 10 heteroatoms. The van der Waals surface area contributed by atoms with Crippen molar-refractivity contribution in [3.63, 3.8) is 0 Å². The normalized spacial score (nSPS) is 12.4. The van der Waals surface area contributed by atoms with E-state index in [1.807, 2.05) is 13.0 Å². The Kier molecular flexibility index (Phi) is 5.05. The molecule has 1 unspecified atom stereocenters. The number of carbonyl (C=O) groups excluding carboxylic acids is 1. The number of nitrogens with one attached hydrogen (secondary N) is 2. The first-order valence-electron chi connectivity index (χ1n) is 6.41. The molecule has 0 saturated carbocycles. The highest BCUT2D eigenvalue weighted by atomic mass is 32.2. The highest BCUT2D eigenvalue weighted by Crippen LogP contribution is 2.22. The fourth-order valence-corrected chi connectivity index (χ4v) is 3.74. The molecule has 0 radical (unpaired) electrons. The first-order valence-corrected chi connectivity index (χ1v) is 8.71. The number of rotatable bonds is 5. The van der Waals surface area contributed by atoms with Crippen LogP contribution in [-0.2, 0) is 14.8 Å². The SMILES string of the molecule is CC(=O)Nc1nnc(S(=O)(=O)NC(C#N)c2ccc(C)cc2)s1. The van der Waals surface area contributed by atoms with Crippen LogP contribution in [0.25, 0.3) is 0 Å². The van der Waals surface area contributed by atoms with E-state index in [-0.39, 0.29) is 15.4 Å². The van der Waals surface area contributed by atoms with Crippen molar-refractivity contribution in [3.8, 4) is 6.07 Å². The average molecular weight is 351 g/mol. The molecule has 0 aliphatic rings. The first-order chi connectivity index (χ1) is 10.8. The molecule has 8 nitrogen and oxygen atoms in total. The minimum absolute atomic E-state index is 0.0710. The van der Waals surface area contributed by atoms with E-state index in [1.54, 1.807) is 24.3 Å². The zero-order chi connectivity index (χ0) is 17.0.